The SMILES string of the molecule is COc1cc(CNCC2(OC)CCOC2)cc([N+](=O)[O-])c1. The van der Waals surface area contributed by atoms with E-state index < -0.39 is 4.92 Å². The van der Waals surface area contributed by atoms with Crippen LogP contribution in [0, 0.1) is 10.1 Å². The molecule has 0 radical (unpaired) electrons. The predicted molar refractivity (Wildman–Crippen MR) is 76.5 cm³/mol. The maximum absolute atomic E-state index is 10.9. The Kier molecular flexibility index (Phi) is 5.11. The first-order valence-corrected chi connectivity index (χ1v) is 6.74. The lowest BCUT2D eigenvalue weighted by molar-refractivity contribution is -0.385. The molecule has 2 rings (SSSR count). The summed E-state index contributed by atoms with van der Waals surface area (Å²) in [5.41, 5.74) is 0.521. The third kappa shape index (κ3) is 3.90. The molecule has 0 bridgehead atoms. The summed E-state index contributed by atoms with van der Waals surface area (Å²) >= 11 is 0. The van der Waals surface area contributed by atoms with Crippen LogP contribution in [-0.4, -0.2) is 44.5 Å². The lowest BCUT2D eigenvalue weighted by Gasteiger charge is -2.26. The number of methoxy groups -OCH3 is 2. The second-order valence-corrected chi connectivity index (χ2v) is 5.09. The van der Waals surface area contributed by atoms with Crippen molar-refractivity contribution in [3.63, 3.8) is 0 Å². The third-order valence-corrected chi connectivity index (χ3v) is 3.67. The van der Waals surface area contributed by atoms with E-state index in [4.69, 9.17) is 14.2 Å². The van der Waals surface area contributed by atoms with Crippen molar-refractivity contribution in [3.05, 3.63) is 33.9 Å². The molecule has 0 amide bonds. The predicted octanol–water partition coefficient (Wildman–Crippen LogP) is 1.50. The Bertz CT molecular complexity index is 500. The van der Waals surface area contributed by atoms with E-state index in [1.165, 1.54) is 13.2 Å². The summed E-state index contributed by atoms with van der Waals surface area (Å²) in [5.74, 6) is 0.478. The number of hydrogen-bond acceptors (Lipinski definition) is 6. The van der Waals surface area contributed by atoms with Crippen molar-refractivity contribution < 1.29 is 19.1 Å². The quantitative estimate of drug-likeness (QED) is 0.606. The minimum Gasteiger partial charge on any atom is -0.496 e. The highest BCUT2D eigenvalue weighted by molar-refractivity contribution is 5.42. The molecule has 1 fully saturated rings. The van der Waals surface area contributed by atoms with Gasteiger partial charge in [-0.3, -0.25) is 10.1 Å². The van der Waals surface area contributed by atoms with Gasteiger partial charge >= 0.3 is 0 Å². The van der Waals surface area contributed by atoms with Gasteiger partial charge in [0.15, 0.2) is 0 Å². The molecule has 0 spiro atoms. The highest BCUT2D eigenvalue weighted by Crippen LogP contribution is 2.24. The molecule has 7 heteroatoms. The number of rotatable bonds is 7. The van der Waals surface area contributed by atoms with Crippen molar-refractivity contribution in [3.8, 4) is 5.75 Å². The first-order chi connectivity index (χ1) is 10.1. The molecular weight excluding hydrogens is 276 g/mol. The summed E-state index contributed by atoms with van der Waals surface area (Å²) in [7, 11) is 3.17. The van der Waals surface area contributed by atoms with E-state index >= 15 is 0 Å². The summed E-state index contributed by atoms with van der Waals surface area (Å²) in [4.78, 5) is 10.5. The lowest BCUT2D eigenvalue weighted by Crippen LogP contribution is -2.42. The highest BCUT2D eigenvalue weighted by Gasteiger charge is 2.34. The van der Waals surface area contributed by atoms with Gasteiger partial charge in [0.05, 0.1) is 24.7 Å². The van der Waals surface area contributed by atoms with Crippen LogP contribution in [0.2, 0.25) is 0 Å². The number of hydrogen-bond donors (Lipinski definition) is 1. The molecule has 1 unspecified atom stereocenters. The zero-order valence-corrected chi connectivity index (χ0v) is 12.3. The lowest BCUT2D eigenvalue weighted by atomic mass is 10.0. The molecule has 21 heavy (non-hydrogen) atoms. The highest BCUT2D eigenvalue weighted by atomic mass is 16.6. The molecule has 7 nitrogen and oxygen atoms in total. The molecular formula is C14H20N2O5. The van der Waals surface area contributed by atoms with Gasteiger partial charge in [0.25, 0.3) is 5.69 Å². The van der Waals surface area contributed by atoms with E-state index in [1.807, 2.05) is 0 Å². The van der Waals surface area contributed by atoms with Gasteiger partial charge in [-0.25, -0.2) is 0 Å². The van der Waals surface area contributed by atoms with Gasteiger partial charge < -0.3 is 19.5 Å². The van der Waals surface area contributed by atoms with Gasteiger partial charge in [0.1, 0.15) is 11.4 Å². The maximum atomic E-state index is 10.9. The van der Waals surface area contributed by atoms with Crippen molar-refractivity contribution in [1.82, 2.24) is 5.32 Å². The van der Waals surface area contributed by atoms with Gasteiger partial charge in [0.2, 0.25) is 0 Å². The van der Waals surface area contributed by atoms with E-state index in [1.54, 1.807) is 19.2 Å². The van der Waals surface area contributed by atoms with Crippen molar-refractivity contribution in [2.75, 3.05) is 34.0 Å². The topological polar surface area (TPSA) is 82.9 Å². The Morgan fingerprint density at radius 3 is 2.81 bits per heavy atom. The van der Waals surface area contributed by atoms with Gasteiger partial charge in [-0.2, -0.15) is 0 Å². The van der Waals surface area contributed by atoms with Crippen LogP contribution in [-0.2, 0) is 16.0 Å². The zero-order chi connectivity index (χ0) is 15.3. The Balaban J connectivity index is 1.99. The first kappa shape index (κ1) is 15.7. The van der Waals surface area contributed by atoms with E-state index in [9.17, 15) is 10.1 Å². The minimum atomic E-state index is -0.423. The van der Waals surface area contributed by atoms with Crippen LogP contribution < -0.4 is 10.1 Å². The van der Waals surface area contributed by atoms with Crippen molar-refractivity contribution >= 4 is 5.69 Å². The van der Waals surface area contributed by atoms with Crippen molar-refractivity contribution in [1.29, 1.82) is 0 Å². The number of nitrogens with one attached hydrogen (secondary N) is 1. The van der Waals surface area contributed by atoms with Crippen LogP contribution in [0.3, 0.4) is 0 Å². The van der Waals surface area contributed by atoms with E-state index in [0.29, 0.717) is 32.1 Å². The fourth-order valence-corrected chi connectivity index (χ4v) is 2.36. The Labute approximate surface area is 123 Å². The molecule has 1 saturated heterocycles. The van der Waals surface area contributed by atoms with Crippen LogP contribution in [0.15, 0.2) is 18.2 Å². The molecule has 116 valence electrons. The molecule has 0 aromatic heterocycles. The summed E-state index contributed by atoms with van der Waals surface area (Å²) in [6.07, 6.45) is 0.842. The Morgan fingerprint density at radius 1 is 1.43 bits per heavy atom. The standard InChI is InChI=1S/C14H20N2O5/c1-19-13-6-11(5-12(7-13)16(17)18)8-15-9-14(20-2)3-4-21-10-14/h5-7,15H,3-4,8-10H2,1-2H3. The first-order valence-electron chi connectivity index (χ1n) is 6.74. The average Bonchev–Trinajstić information content (AvgIpc) is 2.96. The molecule has 0 saturated carbocycles. The molecule has 1 aromatic carbocycles. The summed E-state index contributed by atoms with van der Waals surface area (Å²) in [5, 5.41) is 14.2. The second kappa shape index (κ2) is 6.84. The number of nitrogens with zero attached hydrogens (tertiary/aromatic N) is 1. The van der Waals surface area contributed by atoms with Gasteiger partial charge in [-0.15, -0.1) is 0 Å². The number of ether oxygens (including phenoxy) is 3. The fraction of sp³-hybridized carbons (Fsp3) is 0.571. The van der Waals surface area contributed by atoms with Crippen LogP contribution in [0.4, 0.5) is 5.69 Å². The van der Waals surface area contributed by atoms with E-state index in [-0.39, 0.29) is 11.3 Å². The molecule has 1 atom stereocenters. The van der Waals surface area contributed by atoms with Crippen molar-refractivity contribution in [2.45, 2.75) is 18.6 Å². The molecule has 1 aromatic rings. The van der Waals surface area contributed by atoms with Crippen LogP contribution in [0.25, 0.3) is 0 Å². The molecule has 0 aliphatic carbocycles. The fourth-order valence-electron chi connectivity index (χ4n) is 2.36. The average molecular weight is 296 g/mol. The third-order valence-electron chi connectivity index (χ3n) is 3.67. The van der Waals surface area contributed by atoms with Crippen LogP contribution >= 0.6 is 0 Å². The summed E-state index contributed by atoms with van der Waals surface area (Å²) in [6, 6.07) is 4.73. The maximum Gasteiger partial charge on any atom is 0.273 e. The van der Waals surface area contributed by atoms with Gasteiger partial charge in [-0.1, -0.05) is 0 Å². The smallest absolute Gasteiger partial charge is 0.273 e. The number of non-ortho nitro benzene ring substituents is 1. The number of nitro benzene ring substituents is 1. The van der Waals surface area contributed by atoms with Crippen LogP contribution in [0.1, 0.15) is 12.0 Å². The second-order valence-electron chi connectivity index (χ2n) is 5.09. The largest absolute Gasteiger partial charge is 0.496 e. The van der Waals surface area contributed by atoms with Gasteiger partial charge in [0, 0.05) is 39.3 Å². The molecule has 1 aliphatic heterocycles. The van der Waals surface area contributed by atoms with E-state index in [0.717, 1.165) is 12.0 Å². The van der Waals surface area contributed by atoms with E-state index in [2.05, 4.69) is 5.32 Å². The van der Waals surface area contributed by atoms with Gasteiger partial charge in [-0.05, 0) is 11.6 Å². The zero-order valence-electron chi connectivity index (χ0n) is 12.3. The number of benzene rings is 1. The summed E-state index contributed by atoms with van der Waals surface area (Å²) < 4.78 is 16.0. The summed E-state index contributed by atoms with van der Waals surface area (Å²) in [6.45, 7) is 2.40. The molecule has 1 aliphatic rings. The Morgan fingerprint density at radius 2 is 2.24 bits per heavy atom. The molecule has 1 heterocycles. The normalized spacial score (nSPS) is 21.4. The molecule has 1 N–H and O–H groups in total. The minimum absolute atomic E-state index is 0.0248. The number of nitro groups is 1. The Hall–Kier alpha value is -1.70. The van der Waals surface area contributed by atoms with Crippen LogP contribution in [0.5, 0.6) is 5.75 Å². The monoisotopic (exact) mass is 296 g/mol. The van der Waals surface area contributed by atoms with Crippen molar-refractivity contribution in [2.24, 2.45) is 0 Å².